The molecular weight excluding hydrogens is 284 g/mol. The van der Waals surface area contributed by atoms with Gasteiger partial charge in [-0.05, 0) is 49.6 Å². The number of aliphatic hydroxyl groups excluding tert-OH is 1. The van der Waals surface area contributed by atoms with E-state index in [1.54, 1.807) is 11.3 Å². The molecule has 4 nitrogen and oxygen atoms in total. The number of thiophene rings is 1. The highest BCUT2D eigenvalue weighted by Crippen LogP contribution is 2.34. The highest BCUT2D eigenvalue weighted by molar-refractivity contribution is 7.10. The Morgan fingerprint density at radius 1 is 1.33 bits per heavy atom. The fourth-order valence-corrected chi connectivity index (χ4v) is 4.44. The number of carbonyl (C=O) groups is 1. The van der Waals surface area contributed by atoms with Gasteiger partial charge in [-0.2, -0.15) is 0 Å². The van der Waals surface area contributed by atoms with Gasteiger partial charge >= 0.3 is 0 Å². The lowest BCUT2D eigenvalue weighted by molar-refractivity contribution is -0.133. The molecule has 0 spiro atoms. The Kier molecular flexibility index (Phi) is 4.93. The molecule has 0 saturated carbocycles. The Labute approximate surface area is 130 Å². The Balaban J connectivity index is 1.59. The molecule has 21 heavy (non-hydrogen) atoms. The summed E-state index contributed by atoms with van der Waals surface area (Å²) in [5, 5.41) is 11.4. The summed E-state index contributed by atoms with van der Waals surface area (Å²) in [4.78, 5) is 18.2. The maximum Gasteiger partial charge on any atom is 0.237 e. The topological polar surface area (TPSA) is 43.8 Å². The molecular formula is C16H24N2O2S. The first-order valence-electron chi connectivity index (χ1n) is 7.94. The van der Waals surface area contributed by atoms with Crippen LogP contribution in [-0.2, 0) is 4.79 Å². The molecule has 0 aliphatic carbocycles. The molecule has 5 heteroatoms. The summed E-state index contributed by atoms with van der Waals surface area (Å²) in [5.41, 5.74) is 0. The quantitative estimate of drug-likeness (QED) is 0.926. The zero-order valence-electron chi connectivity index (χ0n) is 12.4. The van der Waals surface area contributed by atoms with Crippen LogP contribution >= 0.6 is 11.3 Å². The van der Waals surface area contributed by atoms with Crippen LogP contribution in [-0.4, -0.2) is 53.6 Å². The molecule has 1 aromatic heterocycles. The first kappa shape index (κ1) is 15.0. The molecule has 2 atom stereocenters. The molecule has 3 rings (SSSR count). The van der Waals surface area contributed by atoms with E-state index in [1.807, 2.05) is 0 Å². The van der Waals surface area contributed by atoms with E-state index in [1.165, 1.54) is 4.88 Å². The van der Waals surface area contributed by atoms with Gasteiger partial charge < -0.3 is 10.0 Å². The van der Waals surface area contributed by atoms with Crippen LogP contribution in [0.1, 0.15) is 36.6 Å². The number of rotatable bonds is 4. The average Bonchev–Trinajstić information content (AvgIpc) is 3.18. The fraction of sp³-hybridized carbons (Fsp3) is 0.688. The van der Waals surface area contributed by atoms with Gasteiger partial charge in [0.15, 0.2) is 0 Å². The lowest BCUT2D eigenvalue weighted by Crippen LogP contribution is -2.44. The predicted octanol–water partition coefficient (Wildman–Crippen LogP) is 2.12. The molecule has 2 fully saturated rings. The second-order valence-corrected chi connectivity index (χ2v) is 7.17. The van der Waals surface area contributed by atoms with Crippen LogP contribution in [0.4, 0.5) is 0 Å². The minimum absolute atomic E-state index is 0.242. The third kappa shape index (κ3) is 3.47. The highest BCUT2D eigenvalue weighted by atomic mass is 32.1. The van der Waals surface area contributed by atoms with E-state index in [0.29, 0.717) is 12.5 Å². The van der Waals surface area contributed by atoms with Crippen molar-refractivity contribution in [3.05, 3.63) is 22.4 Å². The number of likely N-dealkylation sites (tertiary alicyclic amines) is 2. The molecule has 1 amide bonds. The maximum absolute atomic E-state index is 12.6. The Hall–Kier alpha value is -0.910. The third-order valence-electron chi connectivity index (χ3n) is 4.66. The second-order valence-electron chi connectivity index (χ2n) is 6.19. The van der Waals surface area contributed by atoms with Crippen molar-refractivity contribution in [2.24, 2.45) is 5.92 Å². The van der Waals surface area contributed by atoms with Crippen LogP contribution in [0.2, 0.25) is 0 Å². The van der Waals surface area contributed by atoms with Crippen molar-refractivity contribution >= 4 is 17.2 Å². The van der Waals surface area contributed by atoms with Gasteiger partial charge in [-0.1, -0.05) is 6.07 Å². The maximum atomic E-state index is 12.6. The molecule has 0 bridgehead atoms. The molecule has 1 N–H and O–H groups in total. The summed E-state index contributed by atoms with van der Waals surface area (Å²) in [7, 11) is 0. The van der Waals surface area contributed by atoms with E-state index in [0.717, 1.165) is 45.3 Å². The molecule has 2 aliphatic rings. The van der Waals surface area contributed by atoms with Gasteiger partial charge in [0, 0.05) is 24.6 Å². The number of hydrogen-bond donors (Lipinski definition) is 1. The lowest BCUT2D eigenvalue weighted by Gasteiger charge is -2.33. The van der Waals surface area contributed by atoms with Gasteiger partial charge in [-0.25, -0.2) is 0 Å². The van der Waals surface area contributed by atoms with Gasteiger partial charge in [0.05, 0.1) is 12.6 Å². The second kappa shape index (κ2) is 6.90. The Morgan fingerprint density at radius 2 is 2.19 bits per heavy atom. The standard InChI is InChI=1S/C16H24N2O2S/c19-12-13-4-1-7-17(10-13)11-16(20)18-8-2-5-14(18)15-6-3-9-21-15/h3,6,9,13-14,19H,1-2,4-5,7-8,10-12H2. The molecule has 2 saturated heterocycles. The van der Waals surface area contributed by atoms with Crippen LogP contribution in [0.25, 0.3) is 0 Å². The van der Waals surface area contributed by atoms with Gasteiger partial charge in [-0.15, -0.1) is 11.3 Å². The van der Waals surface area contributed by atoms with Crippen LogP contribution in [0, 0.1) is 5.92 Å². The third-order valence-corrected chi connectivity index (χ3v) is 5.64. The first-order chi connectivity index (χ1) is 10.3. The first-order valence-corrected chi connectivity index (χ1v) is 8.82. The van der Waals surface area contributed by atoms with Crippen molar-refractivity contribution in [3.63, 3.8) is 0 Å². The molecule has 0 aromatic carbocycles. The van der Waals surface area contributed by atoms with Crippen LogP contribution in [0.3, 0.4) is 0 Å². The van der Waals surface area contributed by atoms with E-state index >= 15 is 0 Å². The number of hydrogen-bond acceptors (Lipinski definition) is 4. The molecule has 2 unspecified atom stereocenters. The predicted molar refractivity (Wildman–Crippen MR) is 84.3 cm³/mol. The average molecular weight is 308 g/mol. The van der Waals surface area contributed by atoms with Crippen molar-refractivity contribution in [2.75, 3.05) is 32.8 Å². The smallest absolute Gasteiger partial charge is 0.237 e. The van der Waals surface area contributed by atoms with E-state index in [-0.39, 0.29) is 18.6 Å². The minimum atomic E-state index is 0.242. The van der Waals surface area contributed by atoms with Crippen molar-refractivity contribution in [2.45, 2.75) is 31.7 Å². The van der Waals surface area contributed by atoms with Crippen LogP contribution < -0.4 is 0 Å². The fourth-order valence-electron chi connectivity index (χ4n) is 3.57. The Bertz CT molecular complexity index is 463. The summed E-state index contributed by atoms with van der Waals surface area (Å²) >= 11 is 1.75. The van der Waals surface area contributed by atoms with Gasteiger partial charge in [0.25, 0.3) is 0 Å². The van der Waals surface area contributed by atoms with Crippen molar-refractivity contribution in [1.29, 1.82) is 0 Å². The largest absolute Gasteiger partial charge is 0.396 e. The number of aliphatic hydroxyl groups is 1. The summed E-state index contributed by atoms with van der Waals surface area (Å²) in [6, 6.07) is 4.50. The van der Waals surface area contributed by atoms with Crippen LogP contribution in [0.5, 0.6) is 0 Å². The van der Waals surface area contributed by atoms with Crippen molar-refractivity contribution in [3.8, 4) is 0 Å². The zero-order valence-corrected chi connectivity index (χ0v) is 13.2. The normalized spacial score (nSPS) is 27.2. The molecule has 1 aromatic rings. The number of piperidine rings is 1. The minimum Gasteiger partial charge on any atom is -0.396 e. The van der Waals surface area contributed by atoms with Crippen molar-refractivity contribution in [1.82, 2.24) is 9.80 Å². The van der Waals surface area contributed by atoms with Gasteiger partial charge in [0.1, 0.15) is 0 Å². The summed E-state index contributed by atoms with van der Waals surface area (Å²) in [5.74, 6) is 0.600. The lowest BCUT2D eigenvalue weighted by atomic mass is 9.99. The number of carbonyl (C=O) groups excluding carboxylic acids is 1. The molecule has 2 aliphatic heterocycles. The van der Waals surface area contributed by atoms with E-state index in [2.05, 4.69) is 27.3 Å². The van der Waals surface area contributed by atoms with E-state index in [4.69, 9.17) is 0 Å². The highest BCUT2D eigenvalue weighted by Gasteiger charge is 2.32. The summed E-state index contributed by atoms with van der Waals surface area (Å²) < 4.78 is 0. The monoisotopic (exact) mass is 308 g/mol. The Morgan fingerprint density at radius 3 is 2.95 bits per heavy atom. The van der Waals surface area contributed by atoms with Crippen LogP contribution in [0.15, 0.2) is 17.5 Å². The molecule has 3 heterocycles. The molecule has 116 valence electrons. The van der Waals surface area contributed by atoms with Gasteiger partial charge in [-0.3, -0.25) is 9.69 Å². The number of amides is 1. The van der Waals surface area contributed by atoms with Crippen molar-refractivity contribution < 1.29 is 9.90 Å². The van der Waals surface area contributed by atoms with Gasteiger partial charge in [0.2, 0.25) is 5.91 Å². The summed E-state index contributed by atoms with van der Waals surface area (Å²) in [6.07, 6.45) is 4.37. The number of nitrogens with zero attached hydrogens (tertiary/aromatic N) is 2. The zero-order chi connectivity index (χ0) is 14.7. The van der Waals surface area contributed by atoms with E-state index < -0.39 is 0 Å². The summed E-state index contributed by atoms with van der Waals surface area (Å²) in [6.45, 7) is 3.49. The molecule has 0 radical (unpaired) electrons. The van der Waals surface area contributed by atoms with E-state index in [9.17, 15) is 9.90 Å². The SMILES string of the molecule is O=C(CN1CCCC(CO)C1)N1CCCC1c1cccs1.